The fourth-order valence-electron chi connectivity index (χ4n) is 3.01. The van der Waals surface area contributed by atoms with Crippen molar-refractivity contribution in [2.45, 2.75) is 31.7 Å². The Balaban J connectivity index is 2.30. The van der Waals surface area contributed by atoms with Gasteiger partial charge in [0.05, 0.1) is 0 Å². The van der Waals surface area contributed by atoms with Gasteiger partial charge < -0.3 is 5.32 Å². The van der Waals surface area contributed by atoms with Gasteiger partial charge in [-0.2, -0.15) is 0 Å². The summed E-state index contributed by atoms with van der Waals surface area (Å²) >= 11 is 0. The molecule has 1 aromatic rings. The van der Waals surface area contributed by atoms with Crippen LogP contribution < -0.4 is 5.32 Å². The number of allylic oxidation sites excluding steroid dienone is 1. The normalized spacial score (nSPS) is 17.2. The van der Waals surface area contributed by atoms with Gasteiger partial charge in [-0.25, -0.2) is 17.6 Å². The first-order valence-corrected chi connectivity index (χ1v) is 7.94. The Labute approximate surface area is 134 Å². The lowest BCUT2D eigenvalue weighted by Gasteiger charge is -2.35. The van der Waals surface area contributed by atoms with Crippen LogP contribution in [0.3, 0.4) is 0 Å². The molecule has 1 aliphatic rings. The molecule has 1 saturated heterocycles. The van der Waals surface area contributed by atoms with Gasteiger partial charge in [0.1, 0.15) is 0 Å². The van der Waals surface area contributed by atoms with Crippen molar-refractivity contribution in [1.29, 1.82) is 0 Å². The number of nitrogens with zero attached hydrogens (tertiary/aromatic N) is 1. The minimum Gasteiger partial charge on any atom is -0.314 e. The lowest BCUT2D eigenvalue weighted by atomic mass is 9.96. The van der Waals surface area contributed by atoms with Crippen LogP contribution in [0.1, 0.15) is 37.3 Å². The first-order chi connectivity index (χ1) is 11.1. The van der Waals surface area contributed by atoms with E-state index in [4.69, 9.17) is 0 Å². The zero-order valence-corrected chi connectivity index (χ0v) is 13.1. The molecule has 0 aliphatic carbocycles. The molecule has 0 amide bonds. The van der Waals surface area contributed by atoms with E-state index in [0.717, 1.165) is 12.8 Å². The van der Waals surface area contributed by atoms with Gasteiger partial charge in [-0.05, 0) is 19.3 Å². The van der Waals surface area contributed by atoms with Crippen molar-refractivity contribution in [2.75, 3.05) is 26.2 Å². The summed E-state index contributed by atoms with van der Waals surface area (Å²) in [6.07, 6.45) is 4.56. The van der Waals surface area contributed by atoms with E-state index in [1.165, 1.54) is 0 Å². The van der Waals surface area contributed by atoms with Gasteiger partial charge in [0, 0.05) is 43.9 Å². The average molecular weight is 330 g/mol. The molecule has 0 aromatic heterocycles. The third-order valence-electron chi connectivity index (χ3n) is 4.21. The predicted octanol–water partition coefficient (Wildman–Crippen LogP) is 3.94. The van der Waals surface area contributed by atoms with E-state index in [1.807, 2.05) is 4.90 Å². The Morgan fingerprint density at radius 2 is 1.70 bits per heavy atom. The standard InChI is InChI=1S/C17H22F4N2/c1-2-3-4-5-6-14(23-9-7-22-8-10-23)15-16(20)12(18)11-13(19)17(15)21/h2,11,14,22H,1,3-10H2/t14-/m0/s1. The van der Waals surface area contributed by atoms with E-state index in [0.29, 0.717) is 39.0 Å². The summed E-state index contributed by atoms with van der Waals surface area (Å²) in [4.78, 5) is 1.89. The van der Waals surface area contributed by atoms with E-state index in [9.17, 15) is 17.6 Å². The molecule has 1 N–H and O–H groups in total. The van der Waals surface area contributed by atoms with Crippen molar-refractivity contribution in [2.24, 2.45) is 0 Å². The van der Waals surface area contributed by atoms with Crippen molar-refractivity contribution >= 4 is 0 Å². The van der Waals surface area contributed by atoms with Crippen molar-refractivity contribution < 1.29 is 17.6 Å². The van der Waals surface area contributed by atoms with E-state index in [1.54, 1.807) is 6.08 Å². The summed E-state index contributed by atoms with van der Waals surface area (Å²) in [5, 5.41) is 3.16. The van der Waals surface area contributed by atoms with Crippen LogP contribution in [0.4, 0.5) is 17.6 Å². The maximum absolute atomic E-state index is 14.2. The van der Waals surface area contributed by atoms with E-state index >= 15 is 0 Å². The first kappa shape index (κ1) is 17.9. The van der Waals surface area contributed by atoms with Crippen LogP contribution in [0, 0.1) is 23.3 Å². The summed E-state index contributed by atoms with van der Waals surface area (Å²) in [5.41, 5.74) is -0.483. The molecule has 0 bridgehead atoms. The number of hydrogen-bond acceptors (Lipinski definition) is 2. The van der Waals surface area contributed by atoms with Gasteiger partial charge in [0.25, 0.3) is 0 Å². The lowest BCUT2D eigenvalue weighted by molar-refractivity contribution is 0.154. The molecule has 23 heavy (non-hydrogen) atoms. The predicted molar refractivity (Wildman–Crippen MR) is 82.1 cm³/mol. The third kappa shape index (κ3) is 4.32. The van der Waals surface area contributed by atoms with Crippen molar-refractivity contribution in [3.05, 3.63) is 47.6 Å². The van der Waals surface area contributed by atoms with Crippen LogP contribution in [0.2, 0.25) is 0 Å². The lowest BCUT2D eigenvalue weighted by Crippen LogP contribution is -2.45. The van der Waals surface area contributed by atoms with Gasteiger partial charge >= 0.3 is 0 Å². The highest BCUT2D eigenvalue weighted by Gasteiger charge is 2.30. The number of rotatable bonds is 7. The highest BCUT2D eigenvalue weighted by atomic mass is 19.2. The molecule has 6 heteroatoms. The monoisotopic (exact) mass is 330 g/mol. The second-order valence-corrected chi connectivity index (χ2v) is 5.76. The largest absolute Gasteiger partial charge is 0.314 e. The minimum atomic E-state index is -1.34. The van der Waals surface area contributed by atoms with Crippen molar-refractivity contribution in [3.8, 4) is 0 Å². The molecular formula is C17H22F4N2. The number of nitrogens with one attached hydrogen (secondary N) is 1. The number of piperazine rings is 1. The van der Waals surface area contributed by atoms with Gasteiger partial charge in [0.2, 0.25) is 0 Å². The zero-order chi connectivity index (χ0) is 16.8. The summed E-state index contributed by atoms with van der Waals surface area (Å²) < 4.78 is 55.5. The topological polar surface area (TPSA) is 15.3 Å². The maximum Gasteiger partial charge on any atom is 0.166 e. The molecule has 0 saturated carbocycles. The van der Waals surface area contributed by atoms with E-state index in [2.05, 4.69) is 11.9 Å². The average Bonchev–Trinajstić information content (AvgIpc) is 2.56. The molecule has 0 unspecified atom stereocenters. The smallest absolute Gasteiger partial charge is 0.166 e. The molecule has 1 atom stereocenters. The van der Waals surface area contributed by atoms with Crippen LogP contribution in [0.5, 0.6) is 0 Å². The Kier molecular flexibility index (Phi) is 6.59. The van der Waals surface area contributed by atoms with Crippen molar-refractivity contribution in [3.63, 3.8) is 0 Å². The SMILES string of the molecule is C=CCCCC[C@@H](c1c(F)c(F)cc(F)c1F)N1CCNCC1. The number of benzene rings is 1. The molecule has 1 heterocycles. The van der Waals surface area contributed by atoms with Crippen LogP contribution in [-0.2, 0) is 0 Å². The molecule has 2 nitrogen and oxygen atoms in total. The molecule has 0 spiro atoms. The molecule has 1 aliphatic heterocycles. The van der Waals surface area contributed by atoms with Crippen LogP contribution in [-0.4, -0.2) is 31.1 Å². The minimum absolute atomic E-state index is 0.265. The zero-order valence-electron chi connectivity index (χ0n) is 13.1. The Bertz CT molecular complexity index is 516. The number of unbranched alkanes of at least 4 members (excludes halogenated alkanes) is 2. The number of halogens is 4. The molecular weight excluding hydrogens is 308 g/mol. The van der Waals surface area contributed by atoms with Gasteiger partial charge in [0.15, 0.2) is 23.3 Å². The summed E-state index contributed by atoms with van der Waals surface area (Å²) in [5.74, 6) is -5.25. The quantitative estimate of drug-likeness (QED) is 0.353. The fourth-order valence-corrected chi connectivity index (χ4v) is 3.01. The fraction of sp³-hybridized carbons (Fsp3) is 0.529. The Morgan fingerprint density at radius 1 is 1.09 bits per heavy atom. The molecule has 2 rings (SSSR count). The molecule has 1 fully saturated rings. The van der Waals surface area contributed by atoms with E-state index < -0.39 is 34.9 Å². The summed E-state index contributed by atoms with van der Waals surface area (Å²) in [7, 11) is 0. The second-order valence-electron chi connectivity index (χ2n) is 5.76. The van der Waals surface area contributed by atoms with Gasteiger partial charge in [-0.3, -0.25) is 4.90 Å². The van der Waals surface area contributed by atoms with Gasteiger partial charge in [-0.15, -0.1) is 6.58 Å². The summed E-state index contributed by atoms with van der Waals surface area (Å²) in [6.45, 7) is 6.18. The van der Waals surface area contributed by atoms with Crippen molar-refractivity contribution in [1.82, 2.24) is 10.2 Å². The van der Waals surface area contributed by atoms with E-state index in [-0.39, 0.29) is 6.07 Å². The highest BCUT2D eigenvalue weighted by Crippen LogP contribution is 2.33. The Hall–Kier alpha value is -1.40. The number of hydrogen-bond donors (Lipinski definition) is 1. The van der Waals surface area contributed by atoms with Crippen LogP contribution in [0.25, 0.3) is 0 Å². The van der Waals surface area contributed by atoms with Crippen LogP contribution >= 0.6 is 0 Å². The second kappa shape index (κ2) is 8.45. The Morgan fingerprint density at radius 3 is 2.26 bits per heavy atom. The van der Waals surface area contributed by atoms with Gasteiger partial charge in [-0.1, -0.05) is 12.5 Å². The third-order valence-corrected chi connectivity index (χ3v) is 4.21. The highest BCUT2D eigenvalue weighted by molar-refractivity contribution is 5.26. The molecule has 128 valence electrons. The molecule has 1 aromatic carbocycles. The van der Waals surface area contributed by atoms with Crippen LogP contribution in [0.15, 0.2) is 18.7 Å². The molecule has 0 radical (unpaired) electrons. The summed E-state index contributed by atoms with van der Waals surface area (Å²) in [6, 6.07) is -0.395. The maximum atomic E-state index is 14.2. The first-order valence-electron chi connectivity index (χ1n) is 7.94.